The second kappa shape index (κ2) is 11.1. The molecule has 1 aromatic rings. The summed E-state index contributed by atoms with van der Waals surface area (Å²) >= 11 is 1.95. The highest BCUT2D eigenvalue weighted by molar-refractivity contribution is 7.99. The SMILES string of the molecule is CCCNC(CSC(C)CCO)c1ccc(CCC)cc1. The Morgan fingerprint density at radius 3 is 2.43 bits per heavy atom. The van der Waals surface area contributed by atoms with Gasteiger partial charge in [-0.15, -0.1) is 0 Å². The van der Waals surface area contributed by atoms with E-state index in [4.69, 9.17) is 5.11 Å². The van der Waals surface area contributed by atoms with E-state index < -0.39 is 0 Å². The topological polar surface area (TPSA) is 32.3 Å². The van der Waals surface area contributed by atoms with Crippen LogP contribution in [0.4, 0.5) is 0 Å². The fourth-order valence-electron chi connectivity index (χ4n) is 2.32. The van der Waals surface area contributed by atoms with E-state index in [1.807, 2.05) is 11.8 Å². The molecule has 2 N–H and O–H groups in total. The number of hydrogen-bond donors (Lipinski definition) is 2. The number of rotatable bonds is 11. The molecule has 0 aliphatic heterocycles. The number of benzene rings is 1. The molecule has 120 valence electrons. The van der Waals surface area contributed by atoms with E-state index in [0.717, 1.165) is 31.6 Å². The van der Waals surface area contributed by atoms with Crippen LogP contribution in [0.1, 0.15) is 57.2 Å². The molecule has 0 aliphatic rings. The average molecular weight is 310 g/mol. The van der Waals surface area contributed by atoms with Gasteiger partial charge < -0.3 is 10.4 Å². The minimum absolute atomic E-state index is 0.285. The third-order valence-corrected chi connectivity index (χ3v) is 4.98. The third kappa shape index (κ3) is 7.35. The molecule has 0 spiro atoms. The van der Waals surface area contributed by atoms with Crippen molar-refractivity contribution in [2.75, 3.05) is 18.9 Å². The van der Waals surface area contributed by atoms with Gasteiger partial charge in [0.05, 0.1) is 0 Å². The van der Waals surface area contributed by atoms with Gasteiger partial charge in [0.15, 0.2) is 0 Å². The molecular formula is C18H31NOS. The Morgan fingerprint density at radius 1 is 1.14 bits per heavy atom. The Labute approximate surface area is 134 Å². The highest BCUT2D eigenvalue weighted by atomic mass is 32.2. The van der Waals surface area contributed by atoms with Crippen molar-refractivity contribution in [3.8, 4) is 0 Å². The van der Waals surface area contributed by atoms with E-state index in [2.05, 4.69) is 50.4 Å². The van der Waals surface area contributed by atoms with E-state index in [-0.39, 0.29) is 6.61 Å². The molecule has 0 aromatic heterocycles. The highest BCUT2D eigenvalue weighted by Gasteiger charge is 2.13. The fraction of sp³-hybridized carbons (Fsp3) is 0.667. The van der Waals surface area contributed by atoms with Crippen molar-refractivity contribution < 1.29 is 5.11 Å². The van der Waals surface area contributed by atoms with Crippen LogP contribution in [0.2, 0.25) is 0 Å². The van der Waals surface area contributed by atoms with Gasteiger partial charge in [-0.05, 0) is 36.9 Å². The van der Waals surface area contributed by atoms with Crippen LogP contribution in [0.15, 0.2) is 24.3 Å². The van der Waals surface area contributed by atoms with Gasteiger partial charge in [-0.2, -0.15) is 11.8 Å². The maximum atomic E-state index is 9.01. The lowest BCUT2D eigenvalue weighted by Gasteiger charge is -2.21. The predicted octanol–water partition coefficient (Wildman–Crippen LogP) is 4.18. The second-order valence-corrected chi connectivity index (χ2v) is 7.13. The second-order valence-electron chi connectivity index (χ2n) is 5.65. The van der Waals surface area contributed by atoms with E-state index in [1.165, 1.54) is 17.5 Å². The van der Waals surface area contributed by atoms with Crippen LogP contribution in [-0.2, 0) is 6.42 Å². The first-order valence-corrected chi connectivity index (χ1v) is 9.30. The van der Waals surface area contributed by atoms with E-state index in [9.17, 15) is 0 Å². The van der Waals surface area contributed by atoms with Crippen molar-refractivity contribution in [1.82, 2.24) is 5.32 Å². The molecule has 2 nitrogen and oxygen atoms in total. The first kappa shape index (κ1) is 18.5. The van der Waals surface area contributed by atoms with Crippen LogP contribution >= 0.6 is 11.8 Å². The minimum atomic E-state index is 0.285. The Morgan fingerprint density at radius 2 is 1.86 bits per heavy atom. The van der Waals surface area contributed by atoms with Crippen molar-refractivity contribution in [3.63, 3.8) is 0 Å². The Hall–Kier alpha value is -0.510. The molecule has 21 heavy (non-hydrogen) atoms. The van der Waals surface area contributed by atoms with Crippen LogP contribution in [-0.4, -0.2) is 29.3 Å². The van der Waals surface area contributed by atoms with Crippen molar-refractivity contribution in [2.45, 2.75) is 57.7 Å². The van der Waals surface area contributed by atoms with Crippen LogP contribution in [0.3, 0.4) is 0 Å². The molecule has 0 amide bonds. The zero-order valence-corrected chi connectivity index (χ0v) is 14.6. The van der Waals surface area contributed by atoms with Crippen molar-refractivity contribution >= 4 is 11.8 Å². The summed E-state index contributed by atoms with van der Waals surface area (Å²) in [6.45, 7) is 7.96. The third-order valence-electron chi connectivity index (χ3n) is 3.64. The van der Waals surface area contributed by atoms with Gasteiger partial charge >= 0.3 is 0 Å². The summed E-state index contributed by atoms with van der Waals surface area (Å²) in [5, 5.41) is 13.2. The number of hydrogen-bond acceptors (Lipinski definition) is 3. The van der Waals surface area contributed by atoms with Crippen molar-refractivity contribution in [1.29, 1.82) is 0 Å². The van der Waals surface area contributed by atoms with E-state index in [0.29, 0.717) is 11.3 Å². The maximum absolute atomic E-state index is 9.01. The molecule has 1 rings (SSSR count). The lowest BCUT2D eigenvalue weighted by molar-refractivity contribution is 0.289. The molecular weight excluding hydrogens is 278 g/mol. The monoisotopic (exact) mass is 309 g/mol. The van der Waals surface area contributed by atoms with E-state index >= 15 is 0 Å². The predicted molar refractivity (Wildman–Crippen MR) is 95.1 cm³/mol. The fourth-order valence-corrected chi connectivity index (χ4v) is 3.43. The number of nitrogens with one attached hydrogen (secondary N) is 1. The number of aryl methyl sites for hydroxylation is 1. The normalized spacial score (nSPS) is 14.1. The van der Waals surface area contributed by atoms with Crippen LogP contribution in [0.25, 0.3) is 0 Å². The molecule has 1 aromatic carbocycles. The average Bonchev–Trinajstić information content (AvgIpc) is 2.49. The van der Waals surface area contributed by atoms with Gasteiger partial charge in [-0.3, -0.25) is 0 Å². The first-order chi connectivity index (χ1) is 10.2. The first-order valence-electron chi connectivity index (χ1n) is 8.25. The van der Waals surface area contributed by atoms with Gasteiger partial charge in [0, 0.05) is 23.7 Å². The molecule has 0 saturated carbocycles. The summed E-state index contributed by atoms with van der Waals surface area (Å²) in [4.78, 5) is 0. The Bertz CT molecular complexity index is 366. The smallest absolute Gasteiger partial charge is 0.0441 e. The number of thioether (sulfide) groups is 1. The number of aliphatic hydroxyl groups is 1. The molecule has 0 saturated heterocycles. The van der Waals surface area contributed by atoms with Crippen LogP contribution in [0, 0.1) is 0 Å². The van der Waals surface area contributed by atoms with Crippen molar-refractivity contribution in [2.24, 2.45) is 0 Å². The van der Waals surface area contributed by atoms with Gasteiger partial charge in [-0.25, -0.2) is 0 Å². The summed E-state index contributed by atoms with van der Waals surface area (Å²) in [6.07, 6.45) is 4.39. The lowest BCUT2D eigenvalue weighted by Crippen LogP contribution is -2.25. The molecule has 2 unspecified atom stereocenters. The maximum Gasteiger partial charge on any atom is 0.0441 e. The molecule has 2 atom stereocenters. The Kier molecular flexibility index (Phi) is 9.81. The summed E-state index contributed by atoms with van der Waals surface area (Å²) in [7, 11) is 0. The van der Waals surface area contributed by atoms with Crippen LogP contribution < -0.4 is 5.32 Å². The quantitative estimate of drug-likeness (QED) is 0.643. The standard InChI is InChI=1S/C18H31NOS/c1-4-6-16-7-9-17(10-8-16)18(19-12-5-2)14-21-15(3)11-13-20/h7-10,15,18-20H,4-6,11-14H2,1-3H3. The van der Waals surface area contributed by atoms with Crippen molar-refractivity contribution in [3.05, 3.63) is 35.4 Å². The van der Waals surface area contributed by atoms with Gasteiger partial charge in [0.25, 0.3) is 0 Å². The summed E-state index contributed by atoms with van der Waals surface area (Å²) in [6, 6.07) is 9.49. The van der Waals surface area contributed by atoms with E-state index in [1.54, 1.807) is 0 Å². The molecule has 0 fully saturated rings. The summed E-state index contributed by atoms with van der Waals surface area (Å²) in [5.41, 5.74) is 2.81. The molecule has 0 bridgehead atoms. The summed E-state index contributed by atoms with van der Waals surface area (Å²) in [5.74, 6) is 1.06. The largest absolute Gasteiger partial charge is 0.396 e. The lowest BCUT2D eigenvalue weighted by atomic mass is 10.0. The zero-order valence-electron chi connectivity index (χ0n) is 13.8. The zero-order chi connectivity index (χ0) is 15.5. The molecule has 3 heteroatoms. The van der Waals surface area contributed by atoms with Gasteiger partial charge in [0.1, 0.15) is 0 Å². The molecule has 0 radical (unpaired) electrons. The molecule has 0 aliphatic carbocycles. The highest BCUT2D eigenvalue weighted by Crippen LogP contribution is 2.23. The van der Waals surface area contributed by atoms with Crippen LogP contribution in [0.5, 0.6) is 0 Å². The Balaban J connectivity index is 2.62. The molecule has 0 heterocycles. The number of aliphatic hydroxyl groups excluding tert-OH is 1. The van der Waals surface area contributed by atoms with Gasteiger partial charge in [-0.1, -0.05) is 51.5 Å². The van der Waals surface area contributed by atoms with Gasteiger partial charge in [0.2, 0.25) is 0 Å². The summed E-state index contributed by atoms with van der Waals surface area (Å²) < 4.78 is 0. The minimum Gasteiger partial charge on any atom is -0.396 e.